The van der Waals surface area contributed by atoms with Gasteiger partial charge >= 0.3 is 0 Å². The highest BCUT2D eigenvalue weighted by Gasteiger charge is 2.06. The van der Waals surface area contributed by atoms with Gasteiger partial charge in [-0.25, -0.2) is 4.98 Å². The number of nitrogens with zero attached hydrogens (tertiary/aromatic N) is 1. The molecule has 20 heavy (non-hydrogen) atoms. The molecule has 0 atom stereocenters. The molecular formula is C14H9BrN2OS2. The molecule has 0 aliphatic rings. The van der Waals surface area contributed by atoms with Gasteiger partial charge in [0.15, 0.2) is 5.13 Å². The van der Waals surface area contributed by atoms with Crippen molar-refractivity contribution >= 4 is 65.9 Å². The summed E-state index contributed by atoms with van der Waals surface area (Å²) < 4.78 is 2.04. The highest BCUT2D eigenvalue weighted by atomic mass is 79.9. The largest absolute Gasteiger partial charge is 0.298 e. The number of thiazole rings is 1. The fourth-order valence-corrected chi connectivity index (χ4v) is 3.68. The predicted octanol–water partition coefficient (Wildman–Crippen LogP) is 4.77. The summed E-state index contributed by atoms with van der Waals surface area (Å²) in [7, 11) is 0. The fraction of sp³-hybridized carbons (Fsp3) is 0. The molecule has 3 aromatic rings. The quantitative estimate of drug-likeness (QED) is 0.680. The number of hydrogen-bond acceptors (Lipinski definition) is 4. The predicted molar refractivity (Wildman–Crippen MR) is 89.3 cm³/mol. The van der Waals surface area contributed by atoms with Crippen molar-refractivity contribution in [3.8, 4) is 0 Å². The fourth-order valence-electron chi connectivity index (χ4n) is 1.64. The van der Waals surface area contributed by atoms with Gasteiger partial charge in [0.25, 0.3) is 0 Å². The number of hydrogen-bond donors (Lipinski definition) is 1. The van der Waals surface area contributed by atoms with Gasteiger partial charge in [-0.05, 0) is 35.7 Å². The van der Waals surface area contributed by atoms with Gasteiger partial charge in [0.1, 0.15) is 0 Å². The maximum atomic E-state index is 11.8. The highest BCUT2D eigenvalue weighted by Crippen LogP contribution is 2.28. The molecule has 2 aromatic heterocycles. The summed E-state index contributed by atoms with van der Waals surface area (Å²) in [6, 6.07) is 9.76. The van der Waals surface area contributed by atoms with Crippen molar-refractivity contribution in [2.24, 2.45) is 0 Å². The summed E-state index contributed by atoms with van der Waals surface area (Å²) in [6.45, 7) is 0. The van der Waals surface area contributed by atoms with Crippen LogP contribution in [0.2, 0.25) is 0 Å². The van der Waals surface area contributed by atoms with Crippen molar-refractivity contribution in [2.75, 3.05) is 5.32 Å². The Kier molecular flexibility index (Phi) is 3.95. The average Bonchev–Trinajstić information content (AvgIpc) is 3.04. The van der Waals surface area contributed by atoms with Gasteiger partial charge in [0.05, 0.1) is 10.2 Å². The van der Waals surface area contributed by atoms with Crippen LogP contribution in [0.5, 0.6) is 0 Å². The van der Waals surface area contributed by atoms with Crippen molar-refractivity contribution in [3.05, 3.63) is 51.1 Å². The third-order valence-electron chi connectivity index (χ3n) is 2.52. The molecule has 3 nitrogen and oxygen atoms in total. The van der Waals surface area contributed by atoms with E-state index in [1.807, 2.05) is 35.7 Å². The van der Waals surface area contributed by atoms with Crippen LogP contribution in [0.25, 0.3) is 16.3 Å². The monoisotopic (exact) mass is 364 g/mol. The number of benzene rings is 1. The molecule has 0 saturated carbocycles. The Morgan fingerprint density at radius 2 is 2.25 bits per heavy atom. The Labute approximate surface area is 132 Å². The van der Waals surface area contributed by atoms with E-state index in [2.05, 4.69) is 26.2 Å². The first-order valence-corrected chi connectivity index (χ1v) is 8.28. The zero-order valence-corrected chi connectivity index (χ0v) is 13.4. The van der Waals surface area contributed by atoms with E-state index >= 15 is 0 Å². The molecule has 0 radical (unpaired) electrons. The number of carbonyl (C=O) groups excluding carboxylic acids is 1. The number of amides is 1. The lowest BCUT2D eigenvalue weighted by molar-refractivity contribution is -0.111. The first-order chi connectivity index (χ1) is 9.70. The van der Waals surface area contributed by atoms with Crippen LogP contribution in [0.3, 0.4) is 0 Å². The molecule has 0 aliphatic carbocycles. The van der Waals surface area contributed by atoms with Crippen LogP contribution < -0.4 is 5.32 Å². The summed E-state index contributed by atoms with van der Waals surface area (Å²) in [5, 5.41) is 5.37. The first kappa shape index (κ1) is 13.5. The maximum absolute atomic E-state index is 11.8. The molecule has 0 aliphatic heterocycles. The second-order valence-corrected chi connectivity index (χ2v) is 6.89. The van der Waals surface area contributed by atoms with Crippen molar-refractivity contribution in [3.63, 3.8) is 0 Å². The molecule has 0 unspecified atom stereocenters. The van der Waals surface area contributed by atoms with E-state index in [1.54, 1.807) is 17.4 Å². The Bertz CT molecular complexity index is 778. The molecule has 0 bridgehead atoms. The normalized spacial score (nSPS) is 11.2. The SMILES string of the molecule is O=C(/C=C/c1cccs1)Nc1nc2ccc(Br)cc2s1. The Hall–Kier alpha value is -1.50. The third kappa shape index (κ3) is 3.15. The van der Waals surface area contributed by atoms with Crippen LogP contribution in [-0.4, -0.2) is 10.9 Å². The molecule has 1 aromatic carbocycles. The molecule has 100 valence electrons. The molecule has 3 rings (SSSR count). The van der Waals surface area contributed by atoms with Gasteiger partial charge < -0.3 is 0 Å². The summed E-state index contributed by atoms with van der Waals surface area (Å²) in [5.41, 5.74) is 0.885. The standard InChI is InChI=1S/C14H9BrN2OS2/c15-9-3-5-11-12(8-9)20-14(16-11)17-13(18)6-4-10-2-1-7-19-10/h1-8H,(H,16,17,18)/b6-4+. The molecular weight excluding hydrogens is 356 g/mol. The minimum atomic E-state index is -0.170. The van der Waals surface area contributed by atoms with E-state index in [1.165, 1.54) is 17.4 Å². The van der Waals surface area contributed by atoms with Gasteiger partial charge in [0, 0.05) is 15.4 Å². The third-order valence-corrected chi connectivity index (χ3v) is 4.79. The Morgan fingerprint density at radius 1 is 1.35 bits per heavy atom. The number of fused-ring (bicyclic) bond motifs is 1. The number of nitrogens with one attached hydrogen (secondary N) is 1. The summed E-state index contributed by atoms with van der Waals surface area (Å²) in [4.78, 5) is 17.2. The topological polar surface area (TPSA) is 42.0 Å². The van der Waals surface area contributed by atoms with Crippen molar-refractivity contribution in [2.45, 2.75) is 0 Å². The van der Waals surface area contributed by atoms with Crippen molar-refractivity contribution in [1.82, 2.24) is 4.98 Å². The van der Waals surface area contributed by atoms with E-state index < -0.39 is 0 Å². The number of carbonyl (C=O) groups is 1. The van der Waals surface area contributed by atoms with E-state index in [0.29, 0.717) is 5.13 Å². The highest BCUT2D eigenvalue weighted by molar-refractivity contribution is 9.10. The van der Waals surface area contributed by atoms with E-state index in [0.717, 1.165) is 19.6 Å². The van der Waals surface area contributed by atoms with E-state index in [-0.39, 0.29) is 5.91 Å². The Balaban J connectivity index is 1.74. The maximum Gasteiger partial charge on any atom is 0.250 e. The van der Waals surface area contributed by atoms with Crippen molar-refractivity contribution < 1.29 is 4.79 Å². The van der Waals surface area contributed by atoms with Gasteiger partial charge in [-0.2, -0.15) is 0 Å². The molecule has 1 N–H and O–H groups in total. The minimum absolute atomic E-state index is 0.170. The summed E-state index contributed by atoms with van der Waals surface area (Å²) in [5.74, 6) is -0.170. The zero-order valence-electron chi connectivity index (χ0n) is 10.2. The van der Waals surface area contributed by atoms with E-state index in [9.17, 15) is 4.79 Å². The number of anilines is 1. The summed E-state index contributed by atoms with van der Waals surface area (Å²) in [6.07, 6.45) is 3.32. The lowest BCUT2D eigenvalue weighted by atomic mass is 10.3. The van der Waals surface area contributed by atoms with Crippen LogP contribution in [-0.2, 0) is 4.79 Å². The van der Waals surface area contributed by atoms with Crippen LogP contribution in [0.1, 0.15) is 4.88 Å². The number of thiophene rings is 1. The lowest BCUT2D eigenvalue weighted by Crippen LogP contribution is -2.06. The molecule has 0 fully saturated rings. The number of aromatic nitrogens is 1. The van der Waals surface area contributed by atoms with E-state index in [4.69, 9.17) is 0 Å². The second-order valence-electron chi connectivity index (χ2n) is 3.97. The first-order valence-electron chi connectivity index (χ1n) is 5.79. The summed E-state index contributed by atoms with van der Waals surface area (Å²) >= 11 is 6.47. The molecule has 6 heteroatoms. The molecule has 0 spiro atoms. The van der Waals surface area contributed by atoms with Gasteiger partial charge in [-0.1, -0.05) is 33.3 Å². The van der Waals surface area contributed by atoms with Crippen LogP contribution >= 0.6 is 38.6 Å². The van der Waals surface area contributed by atoms with Gasteiger partial charge in [0.2, 0.25) is 5.91 Å². The molecule has 0 saturated heterocycles. The van der Waals surface area contributed by atoms with Crippen LogP contribution in [0.15, 0.2) is 46.3 Å². The molecule has 1 amide bonds. The van der Waals surface area contributed by atoms with Gasteiger partial charge in [-0.3, -0.25) is 10.1 Å². The van der Waals surface area contributed by atoms with Crippen LogP contribution in [0.4, 0.5) is 5.13 Å². The Morgan fingerprint density at radius 3 is 3.05 bits per heavy atom. The average molecular weight is 365 g/mol. The lowest BCUT2D eigenvalue weighted by Gasteiger charge is -1.94. The smallest absolute Gasteiger partial charge is 0.250 e. The molecule has 2 heterocycles. The number of halogens is 1. The second kappa shape index (κ2) is 5.87. The zero-order chi connectivity index (χ0) is 13.9. The number of rotatable bonds is 3. The minimum Gasteiger partial charge on any atom is -0.298 e. The van der Waals surface area contributed by atoms with Crippen LogP contribution in [0, 0.1) is 0 Å². The van der Waals surface area contributed by atoms with Gasteiger partial charge in [-0.15, -0.1) is 11.3 Å². The van der Waals surface area contributed by atoms with Crippen molar-refractivity contribution in [1.29, 1.82) is 0 Å².